The highest BCUT2D eigenvalue weighted by atomic mass is 16.2. The van der Waals surface area contributed by atoms with Gasteiger partial charge in [-0.15, -0.1) is 0 Å². The zero-order valence-electron chi connectivity index (χ0n) is 15.5. The highest BCUT2D eigenvalue weighted by Crippen LogP contribution is 2.28. The van der Waals surface area contributed by atoms with Crippen molar-refractivity contribution >= 4 is 17.8 Å². The van der Waals surface area contributed by atoms with E-state index < -0.39 is 6.04 Å². The number of aromatic nitrogens is 1. The van der Waals surface area contributed by atoms with Crippen LogP contribution in [0.3, 0.4) is 0 Å². The molecule has 3 fully saturated rings. The molecule has 0 radical (unpaired) electrons. The number of fused-ring (bicyclic) bond motifs is 1. The van der Waals surface area contributed by atoms with Crippen LogP contribution in [0, 0.1) is 0 Å². The smallest absolute Gasteiger partial charge is 0.317 e. The standard InChI is InChI=1S/C19H25N5O3/c1-22-12-17(25)24-11-15(10-16(24)18(22)26)21-19(27)23-8-4-14(5-9-23)13-2-6-20-7-3-13/h2-3,6-7,14-16H,4-5,8-12H2,1H3,(H,21,27)/t15-,16+/m1/s1. The third-order valence-electron chi connectivity index (χ3n) is 5.94. The number of likely N-dealkylation sites (N-methyl/N-ethyl adjacent to an activating group) is 1. The van der Waals surface area contributed by atoms with Crippen LogP contribution in [0.4, 0.5) is 4.79 Å². The number of nitrogens with zero attached hydrogens (tertiary/aromatic N) is 4. The normalized spacial score (nSPS) is 26.3. The zero-order chi connectivity index (χ0) is 19.0. The van der Waals surface area contributed by atoms with Crippen LogP contribution < -0.4 is 5.32 Å². The summed E-state index contributed by atoms with van der Waals surface area (Å²) in [6.45, 7) is 1.96. The fraction of sp³-hybridized carbons (Fsp3) is 0.579. The first-order valence-electron chi connectivity index (χ1n) is 9.52. The molecule has 0 unspecified atom stereocenters. The summed E-state index contributed by atoms with van der Waals surface area (Å²) in [5.74, 6) is 0.379. The number of piperidine rings is 1. The lowest BCUT2D eigenvalue weighted by Gasteiger charge is -2.34. The largest absolute Gasteiger partial charge is 0.335 e. The minimum absolute atomic E-state index is 0.0375. The summed E-state index contributed by atoms with van der Waals surface area (Å²) in [6.07, 6.45) is 5.97. The fourth-order valence-electron chi connectivity index (χ4n) is 4.39. The summed E-state index contributed by atoms with van der Waals surface area (Å²) in [7, 11) is 1.65. The first-order valence-corrected chi connectivity index (χ1v) is 9.52. The van der Waals surface area contributed by atoms with E-state index in [2.05, 4.69) is 10.3 Å². The molecule has 27 heavy (non-hydrogen) atoms. The molecule has 4 amide bonds. The molecule has 4 heterocycles. The van der Waals surface area contributed by atoms with Crippen LogP contribution in [0.15, 0.2) is 24.5 Å². The Morgan fingerprint density at radius 3 is 2.59 bits per heavy atom. The van der Waals surface area contributed by atoms with Crippen LogP contribution in [0.2, 0.25) is 0 Å². The van der Waals surface area contributed by atoms with Gasteiger partial charge in [-0.2, -0.15) is 0 Å². The molecule has 0 spiro atoms. The van der Waals surface area contributed by atoms with E-state index in [1.807, 2.05) is 29.4 Å². The molecule has 3 aliphatic heterocycles. The molecule has 0 aliphatic carbocycles. The van der Waals surface area contributed by atoms with Gasteiger partial charge in [0.05, 0.1) is 12.6 Å². The number of carbonyl (C=O) groups excluding carboxylic acids is 3. The lowest BCUT2D eigenvalue weighted by atomic mass is 9.90. The number of piperazine rings is 1. The molecular formula is C19H25N5O3. The monoisotopic (exact) mass is 371 g/mol. The highest BCUT2D eigenvalue weighted by Gasteiger charge is 2.45. The van der Waals surface area contributed by atoms with Gasteiger partial charge < -0.3 is 20.0 Å². The number of likely N-dealkylation sites (tertiary alicyclic amines) is 1. The number of carbonyl (C=O) groups is 3. The Bertz CT molecular complexity index is 732. The SMILES string of the molecule is CN1CC(=O)N2C[C@H](NC(=O)N3CCC(c4ccncc4)CC3)C[C@H]2C1=O. The number of urea groups is 1. The average molecular weight is 371 g/mol. The van der Waals surface area contributed by atoms with Crippen LogP contribution in [0.5, 0.6) is 0 Å². The van der Waals surface area contributed by atoms with Crippen molar-refractivity contribution in [2.45, 2.75) is 37.3 Å². The van der Waals surface area contributed by atoms with Gasteiger partial charge in [-0.3, -0.25) is 14.6 Å². The third-order valence-corrected chi connectivity index (χ3v) is 5.94. The van der Waals surface area contributed by atoms with Crippen molar-refractivity contribution < 1.29 is 14.4 Å². The maximum atomic E-state index is 12.6. The van der Waals surface area contributed by atoms with Gasteiger partial charge in [0, 0.05) is 39.1 Å². The van der Waals surface area contributed by atoms with Crippen molar-refractivity contribution in [3.63, 3.8) is 0 Å². The van der Waals surface area contributed by atoms with Gasteiger partial charge >= 0.3 is 6.03 Å². The van der Waals surface area contributed by atoms with Crippen molar-refractivity contribution in [1.82, 2.24) is 25.0 Å². The first kappa shape index (κ1) is 17.8. The highest BCUT2D eigenvalue weighted by molar-refractivity contribution is 5.95. The summed E-state index contributed by atoms with van der Waals surface area (Å²) in [4.78, 5) is 46.0. The van der Waals surface area contributed by atoms with Gasteiger partial charge in [0.25, 0.3) is 0 Å². The topological polar surface area (TPSA) is 85.8 Å². The number of rotatable bonds is 2. The Labute approximate surface area is 158 Å². The zero-order valence-corrected chi connectivity index (χ0v) is 15.5. The van der Waals surface area contributed by atoms with Crippen LogP contribution in [0.1, 0.15) is 30.7 Å². The van der Waals surface area contributed by atoms with Gasteiger partial charge in [0.1, 0.15) is 6.04 Å². The maximum absolute atomic E-state index is 12.6. The predicted octanol–water partition coefficient (Wildman–Crippen LogP) is 0.412. The Kier molecular flexibility index (Phi) is 4.72. The van der Waals surface area contributed by atoms with Crippen LogP contribution in [-0.4, -0.2) is 82.8 Å². The predicted molar refractivity (Wildman–Crippen MR) is 97.9 cm³/mol. The molecule has 8 heteroatoms. The molecule has 1 aromatic heterocycles. The number of hydrogen-bond donors (Lipinski definition) is 1. The lowest BCUT2D eigenvalue weighted by Crippen LogP contribution is -2.56. The van der Waals surface area contributed by atoms with E-state index in [0.717, 1.165) is 12.8 Å². The summed E-state index contributed by atoms with van der Waals surface area (Å²) >= 11 is 0. The van der Waals surface area contributed by atoms with E-state index in [4.69, 9.17) is 0 Å². The lowest BCUT2D eigenvalue weighted by molar-refractivity contribution is -0.152. The fourth-order valence-corrected chi connectivity index (χ4v) is 4.39. The second kappa shape index (κ2) is 7.17. The molecule has 1 N–H and O–H groups in total. The second-order valence-electron chi connectivity index (χ2n) is 7.68. The summed E-state index contributed by atoms with van der Waals surface area (Å²) in [5.41, 5.74) is 1.28. The molecule has 0 bridgehead atoms. The third kappa shape index (κ3) is 3.48. The molecule has 2 atom stereocenters. The van der Waals surface area contributed by atoms with Crippen molar-refractivity contribution in [3.05, 3.63) is 30.1 Å². The van der Waals surface area contributed by atoms with Crippen molar-refractivity contribution in [1.29, 1.82) is 0 Å². The molecule has 0 aromatic carbocycles. The van der Waals surface area contributed by atoms with Gasteiger partial charge in [-0.25, -0.2) is 4.79 Å². The Morgan fingerprint density at radius 2 is 1.89 bits per heavy atom. The number of pyridine rings is 1. The molecule has 144 valence electrons. The second-order valence-corrected chi connectivity index (χ2v) is 7.68. The van der Waals surface area contributed by atoms with Crippen LogP contribution in [-0.2, 0) is 9.59 Å². The minimum atomic E-state index is -0.432. The number of hydrogen-bond acceptors (Lipinski definition) is 4. The van der Waals surface area contributed by atoms with Crippen molar-refractivity contribution in [2.75, 3.05) is 33.2 Å². The quantitative estimate of drug-likeness (QED) is 0.816. The van der Waals surface area contributed by atoms with Gasteiger partial charge in [0.15, 0.2) is 0 Å². The van der Waals surface area contributed by atoms with Crippen LogP contribution >= 0.6 is 0 Å². The van der Waals surface area contributed by atoms with E-state index in [1.165, 1.54) is 10.5 Å². The average Bonchev–Trinajstić information content (AvgIpc) is 3.11. The first-order chi connectivity index (χ1) is 13.0. The van der Waals surface area contributed by atoms with Gasteiger partial charge in [-0.1, -0.05) is 0 Å². The summed E-state index contributed by atoms with van der Waals surface area (Å²) < 4.78 is 0. The van der Waals surface area contributed by atoms with E-state index in [-0.39, 0.29) is 30.4 Å². The van der Waals surface area contributed by atoms with Gasteiger partial charge in [0.2, 0.25) is 11.8 Å². The molecule has 1 aromatic rings. The molecule has 3 saturated heterocycles. The van der Waals surface area contributed by atoms with Crippen molar-refractivity contribution in [3.8, 4) is 0 Å². The van der Waals surface area contributed by atoms with Crippen LogP contribution in [0.25, 0.3) is 0 Å². The Hall–Kier alpha value is -2.64. The number of amides is 4. The van der Waals surface area contributed by atoms with E-state index in [9.17, 15) is 14.4 Å². The summed E-state index contributed by atoms with van der Waals surface area (Å²) in [6, 6.07) is 3.39. The maximum Gasteiger partial charge on any atom is 0.317 e. The molecular weight excluding hydrogens is 346 g/mol. The molecule has 4 rings (SSSR count). The van der Waals surface area contributed by atoms with E-state index in [0.29, 0.717) is 32.0 Å². The molecule has 8 nitrogen and oxygen atoms in total. The summed E-state index contributed by atoms with van der Waals surface area (Å²) in [5, 5.41) is 3.03. The molecule has 3 aliphatic rings. The van der Waals surface area contributed by atoms with E-state index in [1.54, 1.807) is 11.9 Å². The van der Waals surface area contributed by atoms with E-state index >= 15 is 0 Å². The Balaban J connectivity index is 1.30. The van der Waals surface area contributed by atoms with Gasteiger partial charge in [-0.05, 0) is 42.9 Å². The minimum Gasteiger partial charge on any atom is -0.335 e. The number of nitrogens with one attached hydrogen (secondary N) is 1. The molecule has 0 saturated carbocycles. The van der Waals surface area contributed by atoms with Crippen molar-refractivity contribution in [2.24, 2.45) is 0 Å². The Morgan fingerprint density at radius 1 is 1.19 bits per heavy atom.